The van der Waals surface area contributed by atoms with Crippen molar-refractivity contribution < 1.29 is 9.84 Å². The molecule has 1 spiro atoms. The number of rotatable bonds is 0. The second kappa shape index (κ2) is 6.68. The summed E-state index contributed by atoms with van der Waals surface area (Å²) in [4.78, 5) is 0. The van der Waals surface area contributed by atoms with Gasteiger partial charge in [-0.05, 0) is 80.6 Å². The Bertz CT molecular complexity index is 788. The predicted molar refractivity (Wildman–Crippen MR) is 120 cm³/mol. The molecule has 11 atom stereocenters. The van der Waals surface area contributed by atoms with Crippen LogP contribution < -0.4 is 5.32 Å². The van der Waals surface area contributed by atoms with E-state index >= 15 is 0 Å². The van der Waals surface area contributed by atoms with Crippen LogP contribution in [-0.2, 0) is 4.74 Å². The summed E-state index contributed by atoms with van der Waals surface area (Å²) in [5, 5.41) is 14.1. The highest BCUT2D eigenvalue weighted by Crippen LogP contribution is 2.64. The van der Waals surface area contributed by atoms with Crippen molar-refractivity contribution in [2.45, 2.75) is 96.5 Å². The van der Waals surface area contributed by atoms with Crippen LogP contribution in [0.3, 0.4) is 0 Å². The Morgan fingerprint density at radius 1 is 1.17 bits per heavy atom. The number of hydrogen-bond acceptors (Lipinski definition) is 3. The molecule has 3 heteroatoms. The van der Waals surface area contributed by atoms with Crippen molar-refractivity contribution in [2.24, 2.45) is 40.9 Å². The zero-order chi connectivity index (χ0) is 20.8. The molecule has 0 amide bonds. The molecule has 0 aromatic carbocycles. The Hall–Kier alpha value is -0.640. The van der Waals surface area contributed by atoms with E-state index < -0.39 is 0 Å². The van der Waals surface area contributed by atoms with E-state index in [0.717, 1.165) is 43.6 Å². The Morgan fingerprint density at radius 3 is 2.83 bits per heavy atom. The maximum absolute atomic E-state index is 10.3. The Labute approximate surface area is 182 Å². The summed E-state index contributed by atoms with van der Waals surface area (Å²) in [5.74, 6) is 4.03. The van der Waals surface area contributed by atoms with Crippen molar-refractivity contribution in [1.82, 2.24) is 5.32 Å². The summed E-state index contributed by atoms with van der Waals surface area (Å²) in [6, 6.07) is 0.537. The monoisotopic (exact) mass is 411 g/mol. The molecule has 2 aliphatic heterocycles. The fourth-order valence-corrected chi connectivity index (χ4v) is 9.03. The Balaban J connectivity index is 1.32. The van der Waals surface area contributed by atoms with Gasteiger partial charge >= 0.3 is 0 Å². The molecule has 4 aliphatic carbocycles. The second-order valence-electron chi connectivity index (χ2n) is 12.2. The lowest BCUT2D eigenvalue weighted by Gasteiger charge is -2.50. The van der Waals surface area contributed by atoms with Crippen molar-refractivity contribution in [2.75, 3.05) is 6.54 Å². The first-order valence-corrected chi connectivity index (χ1v) is 12.8. The van der Waals surface area contributed by atoms with Gasteiger partial charge < -0.3 is 15.2 Å². The van der Waals surface area contributed by atoms with Gasteiger partial charge in [0.05, 0.1) is 17.8 Å². The standard InChI is InChI=1S/C27H41NO2/c1-15-11-24-25(28-14-15)17(3)27(30-24)10-8-20-21-6-5-18-12-19(29)7-9-26(18,4)23(21)13-22(20)16(27)2/h5,13,15-17,19-21,23-25,28-29H,6-12,14H2,1-4H3/t15-,16+,17+,19-,20-,21?,23?,24+,25-,26-,27+/m0/s1. The fraction of sp³-hybridized carbons (Fsp3) is 0.852. The van der Waals surface area contributed by atoms with Gasteiger partial charge in [0.25, 0.3) is 0 Å². The lowest BCUT2D eigenvalue weighted by Crippen LogP contribution is -2.51. The van der Waals surface area contributed by atoms with E-state index in [1.807, 2.05) is 0 Å². The molecule has 4 fully saturated rings. The van der Waals surface area contributed by atoms with Gasteiger partial charge in [0.1, 0.15) is 0 Å². The van der Waals surface area contributed by atoms with Gasteiger partial charge in [0, 0.05) is 17.9 Å². The highest BCUT2D eigenvalue weighted by Gasteiger charge is 2.61. The molecule has 0 radical (unpaired) electrons. The fourth-order valence-electron chi connectivity index (χ4n) is 9.03. The normalized spacial score (nSPS) is 57.2. The number of piperidine rings is 1. The summed E-state index contributed by atoms with van der Waals surface area (Å²) >= 11 is 0. The van der Waals surface area contributed by atoms with Crippen LogP contribution in [0.2, 0.25) is 0 Å². The van der Waals surface area contributed by atoms with Crippen LogP contribution in [0, 0.1) is 40.9 Å². The van der Waals surface area contributed by atoms with Crippen LogP contribution in [0.5, 0.6) is 0 Å². The first-order valence-electron chi connectivity index (χ1n) is 12.8. The SMILES string of the molecule is C[C@@H]1CN[C@H]2[C@@H](C)[C@]3(CC[C@@H]4C(=CC5C4CC=C4C[C@@H](O)CC[C@@]45C)[C@H]3C)O[C@@H]2C1. The first kappa shape index (κ1) is 20.0. The van der Waals surface area contributed by atoms with Gasteiger partial charge in [-0.15, -0.1) is 0 Å². The van der Waals surface area contributed by atoms with Gasteiger partial charge in [-0.1, -0.05) is 51.0 Å². The van der Waals surface area contributed by atoms with Crippen LogP contribution in [0.1, 0.15) is 72.6 Å². The van der Waals surface area contributed by atoms with E-state index in [1.54, 1.807) is 11.1 Å². The molecule has 2 saturated heterocycles. The minimum Gasteiger partial charge on any atom is -0.393 e. The topological polar surface area (TPSA) is 41.5 Å². The molecule has 2 saturated carbocycles. The quantitative estimate of drug-likeness (QED) is 0.560. The van der Waals surface area contributed by atoms with Gasteiger partial charge in [0.2, 0.25) is 0 Å². The lowest BCUT2D eigenvalue weighted by atomic mass is 9.55. The van der Waals surface area contributed by atoms with E-state index in [-0.39, 0.29) is 17.1 Å². The molecule has 2 heterocycles. The highest BCUT2D eigenvalue weighted by molar-refractivity contribution is 5.36. The van der Waals surface area contributed by atoms with Gasteiger partial charge in [-0.25, -0.2) is 0 Å². The van der Waals surface area contributed by atoms with Crippen molar-refractivity contribution in [1.29, 1.82) is 0 Å². The number of aliphatic hydroxyl groups excluding tert-OH is 1. The molecule has 30 heavy (non-hydrogen) atoms. The zero-order valence-electron chi connectivity index (χ0n) is 19.4. The minimum absolute atomic E-state index is 0.0299. The van der Waals surface area contributed by atoms with Crippen molar-refractivity contribution in [3.63, 3.8) is 0 Å². The van der Waals surface area contributed by atoms with Crippen molar-refractivity contribution in [3.05, 3.63) is 23.3 Å². The van der Waals surface area contributed by atoms with E-state index in [4.69, 9.17) is 4.74 Å². The number of hydrogen-bond donors (Lipinski definition) is 2. The van der Waals surface area contributed by atoms with E-state index in [2.05, 4.69) is 45.2 Å². The Kier molecular flexibility index (Phi) is 4.46. The molecular formula is C27H41NO2. The molecule has 6 rings (SSSR count). The molecule has 3 nitrogen and oxygen atoms in total. The summed E-state index contributed by atoms with van der Waals surface area (Å²) in [7, 11) is 0. The zero-order valence-corrected chi connectivity index (χ0v) is 19.4. The molecule has 2 N–H and O–H groups in total. The van der Waals surface area contributed by atoms with Crippen LogP contribution in [-0.4, -0.2) is 35.5 Å². The Morgan fingerprint density at radius 2 is 2.00 bits per heavy atom. The van der Waals surface area contributed by atoms with Crippen molar-refractivity contribution >= 4 is 0 Å². The summed E-state index contributed by atoms with van der Waals surface area (Å²) in [6.07, 6.45) is 13.5. The number of fused-ring (bicyclic) bond motifs is 6. The van der Waals surface area contributed by atoms with E-state index in [9.17, 15) is 5.11 Å². The van der Waals surface area contributed by atoms with Gasteiger partial charge in [-0.2, -0.15) is 0 Å². The number of aliphatic hydroxyl groups is 1. The summed E-state index contributed by atoms with van der Waals surface area (Å²) < 4.78 is 7.05. The predicted octanol–water partition coefficient (Wildman–Crippen LogP) is 4.86. The molecule has 0 bridgehead atoms. The minimum atomic E-state index is -0.120. The van der Waals surface area contributed by atoms with Gasteiger partial charge in [0.15, 0.2) is 0 Å². The average Bonchev–Trinajstić information content (AvgIpc) is 3.23. The molecule has 0 aromatic heterocycles. The number of allylic oxidation sites excluding steroid dienone is 2. The van der Waals surface area contributed by atoms with Gasteiger partial charge in [-0.3, -0.25) is 0 Å². The van der Waals surface area contributed by atoms with Crippen LogP contribution in [0.4, 0.5) is 0 Å². The molecular weight excluding hydrogens is 370 g/mol. The summed E-state index contributed by atoms with van der Waals surface area (Å²) in [6.45, 7) is 11.0. The van der Waals surface area contributed by atoms with Crippen LogP contribution >= 0.6 is 0 Å². The van der Waals surface area contributed by atoms with E-state index in [1.165, 1.54) is 25.7 Å². The third kappa shape index (κ3) is 2.55. The lowest BCUT2D eigenvalue weighted by molar-refractivity contribution is -0.110. The third-order valence-electron chi connectivity index (χ3n) is 10.8. The smallest absolute Gasteiger partial charge is 0.0790 e. The highest BCUT2D eigenvalue weighted by atomic mass is 16.5. The van der Waals surface area contributed by atoms with Crippen molar-refractivity contribution in [3.8, 4) is 0 Å². The number of ether oxygens (including phenoxy) is 1. The molecule has 166 valence electrons. The third-order valence-corrected chi connectivity index (χ3v) is 10.8. The maximum atomic E-state index is 10.3. The summed E-state index contributed by atoms with van der Waals surface area (Å²) in [5.41, 5.74) is 3.58. The molecule has 6 aliphatic rings. The van der Waals surface area contributed by atoms with Crippen LogP contribution in [0.25, 0.3) is 0 Å². The average molecular weight is 412 g/mol. The molecule has 0 aromatic rings. The molecule has 2 unspecified atom stereocenters. The second-order valence-corrected chi connectivity index (χ2v) is 12.2. The number of nitrogens with one attached hydrogen (secondary N) is 1. The largest absolute Gasteiger partial charge is 0.393 e. The maximum Gasteiger partial charge on any atom is 0.0790 e. The van der Waals surface area contributed by atoms with E-state index in [0.29, 0.717) is 29.9 Å². The van der Waals surface area contributed by atoms with Crippen LogP contribution in [0.15, 0.2) is 23.3 Å². The first-order chi connectivity index (χ1) is 14.3.